The van der Waals surface area contributed by atoms with Gasteiger partial charge < -0.3 is 9.57 Å². The molecule has 0 unspecified atom stereocenters. The average molecular weight is 281 g/mol. The minimum Gasteiger partial charge on any atom is -0.462 e. The maximum Gasteiger partial charge on any atom is 0.339 e. The molecule has 1 aromatic heterocycles. The molecule has 0 aromatic carbocycles. The molecule has 1 aliphatic carbocycles. The standard InChI is InChI=1S/C13H15NO4S/c1-3-17-13(16)10-7-19-12-9(10)5-4-6-11(12)14-18-8(2)15/h7H,3-6H2,1-2H3. The van der Waals surface area contributed by atoms with Crippen LogP contribution in [0.2, 0.25) is 0 Å². The number of ether oxygens (including phenoxy) is 1. The van der Waals surface area contributed by atoms with Gasteiger partial charge in [-0.05, 0) is 31.7 Å². The SMILES string of the molecule is CCOC(=O)c1csc2c1CCCC2=NOC(C)=O. The number of carbonyl (C=O) groups is 2. The smallest absolute Gasteiger partial charge is 0.339 e. The third-order valence-electron chi connectivity index (χ3n) is 2.78. The Bertz CT molecular complexity index is 533. The van der Waals surface area contributed by atoms with E-state index in [0.717, 1.165) is 35.4 Å². The minimum absolute atomic E-state index is 0.297. The van der Waals surface area contributed by atoms with E-state index in [0.29, 0.717) is 12.2 Å². The molecule has 0 saturated heterocycles. The molecule has 19 heavy (non-hydrogen) atoms. The minimum atomic E-state index is -0.443. The summed E-state index contributed by atoms with van der Waals surface area (Å²) in [4.78, 5) is 28.2. The molecule has 1 aliphatic rings. The predicted molar refractivity (Wildman–Crippen MR) is 71.5 cm³/mol. The van der Waals surface area contributed by atoms with Crippen LogP contribution in [0, 0.1) is 0 Å². The summed E-state index contributed by atoms with van der Waals surface area (Å²) in [5.74, 6) is -0.740. The molecular weight excluding hydrogens is 266 g/mol. The first-order valence-electron chi connectivity index (χ1n) is 6.15. The average Bonchev–Trinajstić information content (AvgIpc) is 2.80. The van der Waals surface area contributed by atoms with Gasteiger partial charge in [-0.15, -0.1) is 11.3 Å². The molecule has 0 spiro atoms. The fourth-order valence-corrected chi connectivity index (χ4v) is 3.11. The summed E-state index contributed by atoms with van der Waals surface area (Å²) in [5.41, 5.74) is 2.30. The van der Waals surface area contributed by atoms with Crippen LogP contribution in [0.1, 0.15) is 47.5 Å². The normalized spacial score (nSPS) is 16.0. The maximum absolute atomic E-state index is 11.8. The summed E-state index contributed by atoms with van der Waals surface area (Å²) >= 11 is 1.44. The molecule has 0 bridgehead atoms. The van der Waals surface area contributed by atoms with Crippen LogP contribution >= 0.6 is 11.3 Å². The van der Waals surface area contributed by atoms with E-state index in [1.54, 1.807) is 12.3 Å². The second-order valence-corrected chi connectivity index (χ2v) is 5.03. The zero-order valence-corrected chi connectivity index (χ0v) is 11.7. The molecule has 0 amide bonds. The van der Waals surface area contributed by atoms with Crippen molar-refractivity contribution < 1.29 is 19.2 Å². The van der Waals surface area contributed by atoms with Gasteiger partial charge in [0.2, 0.25) is 0 Å². The summed E-state index contributed by atoms with van der Waals surface area (Å²) in [6, 6.07) is 0. The van der Waals surface area contributed by atoms with Crippen molar-refractivity contribution in [2.24, 2.45) is 5.16 Å². The number of hydrogen-bond acceptors (Lipinski definition) is 6. The van der Waals surface area contributed by atoms with Crippen molar-refractivity contribution in [2.75, 3.05) is 6.61 Å². The molecule has 0 saturated carbocycles. The highest BCUT2D eigenvalue weighted by molar-refractivity contribution is 7.12. The van der Waals surface area contributed by atoms with Crippen LogP contribution in [0.4, 0.5) is 0 Å². The van der Waals surface area contributed by atoms with Gasteiger partial charge >= 0.3 is 11.9 Å². The van der Waals surface area contributed by atoms with Gasteiger partial charge in [0.1, 0.15) is 0 Å². The highest BCUT2D eigenvalue weighted by Gasteiger charge is 2.25. The molecule has 0 fully saturated rings. The number of carbonyl (C=O) groups excluding carboxylic acids is 2. The Labute approximate surface area is 115 Å². The number of hydrogen-bond donors (Lipinski definition) is 0. The van der Waals surface area contributed by atoms with E-state index in [-0.39, 0.29) is 5.97 Å². The Hall–Kier alpha value is -1.69. The molecular formula is C13H15NO4S. The molecule has 1 heterocycles. The first-order chi connectivity index (χ1) is 9.13. The van der Waals surface area contributed by atoms with Gasteiger partial charge in [0.15, 0.2) is 0 Å². The van der Waals surface area contributed by atoms with Gasteiger partial charge in [-0.3, -0.25) is 0 Å². The molecule has 5 nitrogen and oxygen atoms in total. The highest BCUT2D eigenvalue weighted by atomic mass is 32.1. The maximum atomic E-state index is 11.8. The van der Waals surface area contributed by atoms with Gasteiger partial charge in [-0.2, -0.15) is 0 Å². The molecule has 0 aliphatic heterocycles. The second-order valence-electron chi connectivity index (χ2n) is 4.15. The second kappa shape index (κ2) is 5.97. The van der Waals surface area contributed by atoms with Crippen LogP contribution in [0.5, 0.6) is 0 Å². The lowest BCUT2D eigenvalue weighted by Gasteiger charge is -2.14. The molecule has 2 rings (SSSR count). The molecule has 0 N–H and O–H groups in total. The number of nitrogens with zero attached hydrogens (tertiary/aromatic N) is 1. The van der Waals surface area contributed by atoms with Crippen LogP contribution in [0.25, 0.3) is 0 Å². The summed E-state index contributed by atoms with van der Waals surface area (Å²) in [6.07, 6.45) is 2.46. The van der Waals surface area contributed by atoms with Crippen molar-refractivity contribution in [1.82, 2.24) is 0 Å². The fourth-order valence-electron chi connectivity index (χ4n) is 2.01. The van der Waals surface area contributed by atoms with Gasteiger partial charge in [-0.25, -0.2) is 9.59 Å². The van der Waals surface area contributed by atoms with Gasteiger partial charge in [0.05, 0.1) is 22.8 Å². The van der Waals surface area contributed by atoms with Gasteiger partial charge in [0, 0.05) is 12.3 Å². The zero-order valence-electron chi connectivity index (χ0n) is 10.9. The van der Waals surface area contributed by atoms with Gasteiger partial charge in [0.25, 0.3) is 0 Å². The Morgan fingerprint density at radius 1 is 1.42 bits per heavy atom. The lowest BCUT2D eigenvalue weighted by Crippen LogP contribution is -2.14. The lowest BCUT2D eigenvalue weighted by molar-refractivity contribution is -0.140. The van der Waals surface area contributed by atoms with Crippen molar-refractivity contribution in [3.8, 4) is 0 Å². The van der Waals surface area contributed by atoms with Gasteiger partial charge in [-0.1, -0.05) is 5.16 Å². The van der Waals surface area contributed by atoms with E-state index < -0.39 is 5.97 Å². The van der Waals surface area contributed by atoms with Crippen molar-refractivity contribution in [1.29, 1.82) is 0 Å². The highest BCUT2D eigenvalue weighted by Crippen LogP contribution is 2.31. The van der Waals surface area contributed by atoms with Crippen molar-refractivity contribution in [2.45, 2.75) is 33.1 Å². The first-order valence-corrected chi connectivity index (χ1v) is 7.03. The number of fused-ring (bicyclic) bond motifs is 1. The van der Waals surface area contributed by atoms with Crippen molar-refractivity contribution in [3.63, 3.8) is 0 Å². The van der Waals surface area contributed by atoms with E-state index in [9.17, 15) is 9.59 Å². The summed E-state index contributed by atoms with van der Waals surface area (Å²) in [7, 11) is 0. The first kappa shape index (κ1) is 13.7. The quantitative estimate of drug-likeness (QED) is 0.485. The third-order valence-corrected chi connectivity index (χ3v) is 3.85. The number of rotatable bonds is 3. The largest absolute Gasteiger partial charge is 0.462 e. The van der Waals surface area contributed by atoms with E-state index >= 15 is 0 Å². The van der Waals surface area contributed by atoms with E-state index in [1.807, 2.05) is 0 Å². The topological polar surface area (TPSA) is 65.0 Å². The molecule has 0 atom stereocenters. The lowest BCUT2D eigenvalue weighted by atomic mass is 9.94. The zero-order chi connectivity index (χ0) is 13.8. The predicted octanol–water partition coefficient (Wildman–Crippen LogP) is 2.53. The fraction of sp³-hybridized carbons (Fsp3) is 0.462. The summed E-state index contributed by atoms with van der Waals surface area (Å²) in [5, 5.41) is 5.66. The Morgan fingerprint density at radius 2 is 2.21 bits per heavy atom. The van der Waals surface area contributed by atoms with E-state index in [1.165, 1.54) is 18.3 Å². The Kier molecular flexibility index (Phi) is 4.31. The molecule has 6 heteroatoms. The van der Waals surface area contributed by atoms with Crippen molar-refractivity contribution >= 4 is 29.0 Å². The van der Waals surface area contributed by atoms with E-state index in [2.05, 4.69) is 5.16 Å². The van der Waals surface area contributed by atoms with Crippen LogP contribution in [0.15, 0.2) is 10.5 Å². The molecule has 1 aromatic rings. The Balaban J connectivity index is 2.29. The molecule has 102 valence electrons. The summed E-state index contributed by atoms with van der Waals surface area (Å²) in [6.45, 7) is 3.45. The number of esters is 1. The third kappa shape index (κ3) is 3.01. The Morgan fingerprint density at radius 3 is 2.89 bits per heavy atom. The van der Waals surface area contributed by atoms with Crippen LogP contribution in [-0.4, -0.2) is 24.3 Å². The molecule has 0 radical (unpaired) electrons. The monoisotopic (exact) mass is 281 g/mol. The van der Waals surface area contributed by atoms with Crippen LogP contribution in [-0.2, 0) is 20.8 Å². The number of oxime groups is 1. The van der Waals surface area contributed by atoms with E-state index in [4.69, 9.17) is 9.57 Å². The summed E-state index contributed by atoms with van der Waals surface area (Å²) < 4.78 is 5.03. The van der Waals surface area contributed by atoms with Crippen molar-refractivity contribution in [3.05, 3.63) is 21.4 Å². The van der Waals surface area contributed by atoms with Crippen LogP contribution < -0.4 is 0 Å². The van der Waals surface area contributed by atoms with Crippen LogP contribution in [0.3, 0.4) is 0 Å². The number of thiophene rings is 1.